The molecule has 2 aromatic rings. The highest BCUT2D eigenvalue weighted by Gasteiger charge is 2.10. The van der Waals surface area contributed by atoms with Gasteiger partial charge in [0.1, 0.15) is 5.75 Å². The third kappa shape index (κ3) is 2.71. The summed E-state index contributed by atoms with van der Waals surface area (Å²) in [5.74, 6) is 0.898. The highest BCUT2D eigenvalue weighted by atomic mass is 16.5. The predicted molar refractivity (Wildman–Crippen MR) is 75.8 cm³/mol. The van der Waals surface area contributed by atoms with E-state index in [-0.39, 0.29) is 6.04 Å². The Kier molecular flexibility index (Phi) is 4.00. The van der Waals surface area contributed by atoms with Gasteiger partial charge in [-0.3, -0.25) is 0 Å². The van der Waals surface area contributed by atoms with Gasteiger partial charge in [-0.05, 0) is 30.5 Å². The van der Waals surface area contributed by atoms with Crippen LogP contribution in [0.2, 0.25) is 0 Å². The molecule has 0 saturated carbocycles. The number of methoxy groups -OCH3 is 1. The summed E-state index contributed by atoms with van der Waals surface area (Å²) >= 11 is 0. The van der Waals surface area contributed by atoms with Crippen molar-refractivity contribution in [3.63, 3.8) is 0 Å². The molecule has 0 spiro atoms. The molecule has 2 heteroatoms. The van der Waals surface area contributed by atoms with Gasteiger partial charge in [-0.2, -0.15) is 0 Å². The van der Waals surface area contributed by atoms with E-state index in [0.29, 0.717) is 0 Å². The van der Waals surface area contributed by atoms with Gasteiger partial charge in [0.15, 0.2) is 0 Å². The van der Waals surface area contributed by atoms with Crippen molar-refractivity contribution in [2.75, 3.05) is 7.11 Å². The fraction of sp³-hybridized carbons (Fsp3) is 0.250. The van der Waals surface area contributed by atoms with E-state index in [1.165, 1.54) is 11.1 Å². The largest absolute Gasteiger partial charge is 0.496 e. The quantitative estimate of drug-likeness (QED) is 0.891. The van der Waals surface area contributed by atoms with Gasteiger partial charge in [0, 0.05) is 11.6 Å². The summed E-state index contributed by atoms with van der Waals surface area (Å²) in [5.41, 5.74) is 9.49. The van der Waals surface area contributed by atoms with Gasteiger partial charge in [-0.25, -0.2) is 0 Å². The zero-order valence-corrected chi connectivity index (χ0v) is 10.9. The second-order valence-corrected chi connectivity index (χ2v) is 4.54. The molecule has 0 aliphatic heterocycles. The lowest BCUT2D eigenvalue weighted by molar-refractivity contribution is 0.416. The van der Waals surface area contributed by atoms with Crippen molar-refractivity contribution in [1.29, 1.82) is 0 Å². The summed E-state index contributed by atoms with van der Waals surface area (Å²) in [6.45, 7) is 2.03. The average molecular weight is 241 g/mol. The zero-order valence-electron chi connectivity index (χ0n) is 10.9. The Bertz CT molecular complexity index is 520. The first-order chi connectivity index (χ1) is 8.72. The third-order valence-electron chi connectivity index (χ3n) is 2.96. The standard InChI is InChI=1S/C16H19NO/c1-12(17)11-13-7-3-4-8-14(13)15-9-5-6-10-16(15)18-2/h3-10,12H,11,17H2,1-2H3. The topological polar surface area (TPSA) is 35.2 Å². The number of hydrogen-bond acceptors (Lipinski definition) is 2. The number of rotatable bonds is 4. The molecular formula is C16H19NO. The molecule has 2 rings (SSSR count). The first kappa shape index (κ1) is 12.7. The van der Waals surface area contributed by atoms with Crippen molar-refractivity contribution in [3.8, 4) is 16.9 Å². The van der Waals surface area contributed by atoms with E-state index in [1.807, 2.05) is 31.2 Å². The molecule has 0 saturated heterocycles. The molecule has 0 amide bonds. The molecule has 0 heterocycles. The van der Waals surface area contributed by atoms with Crippen LogP contribution in [0.4, 0.5) is 0 Å². The number of ether oxygens (including phenoxy) is 1. The SMILES string of the molecule is COc1ccccc1-c1ccccc1CC(C)N. The molecule has 94 valence electrons. The molecule has 0 fully saturated rings. The van der Waals surface area contributed by atoms with Crippen LogP contribution in [0.15, 0.2) is 48.5 Å². The Hall–Kier alpha value is -1.80. The van der Waals surface area contributed by atoms with Crippen LogP contribution in [0.3, 0.4) is 0 Å². The van der Waals surface area contributed by atoms with E-state index in [2.05, 4.69) is 24.3 Å². The lowest BCUT2D eigenvalue weighted by Gasteiger charge is -2.14. The first-order valence-corrected chi connectivity index (χ1v) is 6.19. The minimum Gasteiger partial charge on any atom is -0.496 e. The second-order valence-electron chi connectivity index (χ2n) is 4.54. The summed E-state index contributed by atoms with van der Waals surface area (Å²) in [7, 11) is 1.70. The Morgan fingerprint density at radius 2 is 1.61 bits per heavy atom. The summed E-state index contributed by atoms with van der Waals surface area (Å²) in [5, 5.41) is 0. The van der Waals surface area contributed by atoms with E-state index in [9.17, 15) is 0 Å². The van der Waals surface area contributed by atoms with Crippen molar-refractivity contribution in [2.24, 2.45) is 5.73 Å². The smallest absolute Gasteiger partial charge is 0.126 e. The van der Waals surface area contributed by atoms with Crippen LogP contribution in [0.25, 0.3) is 11.1 Å². The molecule has 1 atom stereocenters. The fourth-order valence-corrected chi connectivity index (χ4v) is 2.18. The van der Waals surface area contributed by atoms with E-state index in [1.54, 1.807) is 7.11 Å². The van der Waals surface area contributed by atoms with Crippen LogP contribution < -0.4 is 10.5 Å². The molecule has 0 bridgehead atoms. The predicted octanol–water partition coefficient (Wildman–Crippen LogP) is 3.25. The summed E-state index contributed by atoms with van der Waals surface area (Å²) in [6, 6.07) is 16.6. The van der Waals surface area contributed by atoms with E-state index in [4.69, 9.17) is 10.5 Å². The third-order valence-corrected chi connectivity index (χ3v) is 2.96. The van der Waals surface area contributed by atoms with Crippen LogP contribution in [-0.2, 0) is 6.42 Å². The second kappa shape index (κ2) is 5.69. The van der Waals surface area contributed by atoms with Gasteiger partial charge in [-0.1, -0.05) is 42.5 Å². The molecule has 0 aliphatic carbocycles. The molecule has 0 aromatic heterocycles. The number of hydrogen-bond donors (Lipinski definition) is 1. The van der Waals surface area contributed by atoms with Crippen molar-refractivity contribution in [2.45, 2.75) is 19.4 Å². The lowest BCUT2D eigenvalue weighted by atomic mass is 9.95. The molecule has 1 unspecified atom stereocenters. The van der Waals surface area contributed by atoms with Gasteiger partial charge < -0.3 is 10.5 Å². The van der Waals surface area contributed by atoms with Crippen LogP contribution >= 0.6 is 0 Å². The monoisotopic (exact) mass is 241 g/mol. The molecule has 18 heavy (non-hydrogen) atoms. The van der Waals surface area contributed by atoms with Crippen LogP contribution in [0, 0.1) is 0 Å². The molecule has 0 aliphatic rings. The van der Waals surface area contributed by atoms with Gasteiger partial charge in [0.2, 0.25) is 0 Å². The van der Waals surface area contributed by atoms with Gasteiger partial charge >= 0.3 is 0 Å². The normalized spacial score (nSPS) is 12.2. The van der Waals surface area contributed by atoms with Gasteiger partial charge in [-0.15, -0.1) is 0 Å². The van der Waals surface area contributed by atoms with Crippen molar-refractivity contribution < 1.29 is 4.74 Å². The fourth-order valence-electron chi connectivity index (χ4n) is 2.18. The zero-order chi connectivity index (χ0) is 13.0. The highest BCUT2D eigenvalue weighted by molar-refractivity contribution is 5.73. The highest BCUT2D eigenvalue weighted by Crippen LogP contribution is 2.32. The lowest BCUT2D eigenvalue weighted by Crippen LogP contribution is -2.18. The van der Waals surface area contributed by atoms with Gasteiger partial charge in [0.05, 0.1) is 7.11 Å². The maximum atomic E-state index is 5.91. The Labute approximate surface area is 108 Å². The van der Waals surface area contributed by atoms with E-state index >= 15 is 0 Å². The first-order valence-electron chi connectivity index (χ1n) is 6.19. The van der Waals surface area contributed by atoms with Crippen molar-refractivity contribution in [1.82, 2.24) is 0 Å². The molecular weight excluding hydrogens is 222 g/mol. The minimum atomic E-state index is 0.154. The van der Waals surface area contributed by atoms with E-state index in [0.717, 1.165) is 17.7 Å². The Balaban J connectivity index is 2.49. The average Bonchev–Trinajstić information content (AvgIpc) is 2.39. The number of para-hydroxylation sites is 1. The van der Waals surface area contributed by atoms with Gasteiger partial charge in [0.25, 0.3) is 0 Å². The van der Waals surface area contributed by atoms with Crippen LogP contribution in [0.5, 0.6) is 5.75 Å². The minimum absolute atomic E-state index is 0.154. The van der Waals surface area contributed by atoms with Crippen LogP contribution in [0.1, 0.15) is 12.5 Å². The number of benzene rings is 2. The Morgan fingerprint density at radius 3 is 2.28 bits per heavy atom. The van der Waals surface area contributed by atoms with Crippen LogP contribution in [-0.4, -0.2) is 13.2 Å². The van der Waals surface area contributed by atoms with Crippen molar-refractivity contribution >= 4 is 0 Å². The number of nitrogens with two attached hydrogens (primary N) is 1. The van der Waals surface area contributed by atoms with E-state index < -0.39 is 0 Å². The Morgan fingerprint density at radius 1 is 1.00 bits per heavy atom. The molecule has 2 aromatic carbocycles. The summed E-state index contributed by atoms with van der Waals surface area (Å²) < 4.78 is 5.43. The molecule has 2 nitrogen and oxygen atoms in total. The maximum Gasteiger partial charge on any atom is 0.126 e. The maximum absolute atomic E-state index is 5.91. The molecule has 0 radical (unpaired) electrons. The molecule has 2 N–H and O–H groups in total. The van der Waals surface area contributed by atoms with Crippen molar-refractivity contribution in [3.05, 3.63) is 54.1 Å². The summed E-state index contributed by atoms with van der Waals surface area (Å²) in [6.07, 6.45) is 0.869. The summed E-state index contributed by atoms with van der Waals surface area (Å²) in [4.78, 5) is 0.